The Morgan fingerprint density at radius 1 is 1.18 bits per heavy atom. The molecule has 0 saturated heterocycles. The number of fused-ring (bicyclic) bond motifs is 1. The number of benzene rings is 1. The van der Waals surface area contributed by atoms with Crippen molar-refractivity contribution < 1.29 is 22.7 Å². The van der Waals surface area contributed by atoms with Crippen LogP contribution >= 0.6 is 11.3 Å². The molecule has 6 rings (SSSR count). The van der Waals surface area contributed by atoms with Gasteiger partial charge in [0.2, 0.25) is 5.89 Å². The van der Waals surface area contributed by atoms with Crippen molar-refractivity contribution in [3.63, 3.8) is 0 Å². The first-order valence-corrected chi connectivity index (χ1v) is 14.4. The van der Waals surface area contributed by atoms with Gasteiger partial charge in [0.05, 0.1) is 42.3 Å². The first-order valence-electron chi connectivity index (χ1n) is 13.6. The fraction of sp³-hybridized carbons (Fsp3) is 0.483. The summed E-state index contributed by atoms with van der Waals surface area (Å²) in [6.07, 6.45) is 6.44. The number of nitrogens with zero attached hydrogens (tertiary/aromatic N) is 3. The van der Waals surface area contributed by atoms with Crippen LogP contribution in [0.15, 0.2) is 50.7 Å². The van der Waals surface area contributed by atoms with Crippen LogP contribution in [0.2, 0.25) is 0 Å². The standard InChI is InChI=1S/C29H31F2N3O5S/c1-17-23-26(35)34(18-14-29(30,31)15-18)28(36)33(27(23)40-24(17)25-32-12-13-38-25)16-22(39-19-8-4-3-5-9-19)20-10-6-7-11-21(20)37-2/h6-7,10-13,18-19,22H,3-5,8-9,14-16H2,1-2H3. The molecule has 11 heteroatoms. The number of alkyl halides is 2. The van der Waals surface area contributed by atoms with Crippen molar-refractivity contribution in [3.8, 4) is 16.5 Å². The highest BCUT2D eigenvalue weighted by Gasteiger charge is 2.48. The lowest BCUT2D eigenvalue weighted by Crippen LogP contribution is -2.49. The van der Waals surface area contributed by atoms with Crippen molar-refractivity contribution in [2.75, 3.05) is 7.11 Å². The number of methoxy groups -OCH3 is 1. The van der Waals surface area contributed by atoms with Crippen LogP contribution in [0.5, 0.6) is 5.75 Å². The average Bonchev–Trinajstić information content (AvgIpc) is 3.58. The van der Waals surface area contributed by atoms with E-state index in [1.54, 1.807) is 14.0 Å². The van der Waals surface area contributed by atoms with Crippen LogP contribution in [-0.4, -0.2) is 33.3 Å². The molecule has 0 bridgehead atoms. The molecule has 0 aliphatic heterocycles. The zero-order chi connectivity index (χ0) is 28.0. The third-order valence-corrected chi connectivity index (χ3v) is 9.35. The second kappa shape index (κ2) is 10.6. The maximum atomic E-state index is 14.0. The van der Waals surface area contributed by atoms with Gasteiger partial charge in [0, 0.05) is 18.4 Å². The second-order valence-electron chi connectivity index (χ2n) is 10.7. The molecule has 40 heavy (non-hydrogen) atoms. The Morgan fingerprint density at radius 2 is 1.93 bits per heavy atom. The minimum atomic E-state index is -2.90. The van der Waals surface area contributed by atoms with Crippen molar-refractivity contribution in [3.05, 3.63) is 68.7 Å². The lowest BCUT2D eigenvalue weighted by atomic mass is 9.88. The van der Waals surface area contributed by atoms with E-state index in [1.165, 1.54) is 28.4 Å². The summed E-state index contributed by atoms with van der Waals surface area (Å²) in [7, 11) is 1.59. The predicted octanol–water partition coefficient (Wildman–Crippen LogP) is 6.26. The molecule has 1 atom stereocenters. The van der Waals surface area contributed by atoms with Gasteiger partial charge in [0.15, 0.2) is 0 Å². The molecule has 2 saturated carbocycles. The van der Waals surface area contributed by atoms with Gasteiger partial charge < -0.3 is 13.9 Å². The molecular weight excluding hydrogens is 540 g/mol. The van der Waals surface area contributed by atoms with Crippen LogP contribution in [-0.2, 0) is 11.3 Å². The Kier molecular flexibility index (Phi) is 7.12. The van der Waals surface area contributed by atoms with Gasteiger partial charge >= 0.3 is 5.69 Å². The molecule has 4 aromatic rings. The molecule has 1 unspecified atom stereocenters. The van der Waals surface area contributed by atoms with E-state index in [-0.39, 0.29) is 12.6 Å². The summed E-state index contributed by atoms with van der Waals surface area (Å²) in [4.78, 5) is 33.1. The SMILES string of the molecule is COc1ccccc1C(Cn1c(=O)n(C2CC(F)(F)C2)c(=O)c2c(C)c(-c3ncco3)sc21)OC1CCCCC1. The maximum Gasteiger partial charge on any atom is 0.332 e. The fourth-order valence-corrected chi connectivity index (χ4v) is 7.19. The minimum Gasteiger partial charge on any atom is -0.496 e. The van der Waals surface area contributed by atoms with E-state index in [9.17, 15) is 18.4 Å². The monoisotopic (exact) mass is 571 g/mol. The number of aryl methyl sites for hydroxylation is 1. The minimum absolute atomic E-state index is 0.0130. The van der Waals surface area contributed by atoms with Gasteiger partial charge in [-0.15, -0.1) is 11.3 Å². The molecule has 2 aliphatic rings. The molecule has 3 heterocycles. The van der Waals surface area contributed by atoms with Crippen LogP contribution in [0.3, 0.4) is 0 Å². The first-order chi connectivity index (χ1) is 19.3. The normalized spacial score (nSPS) is 18.6. The zero-order valence-electron chi connectivity index (χ0n) is 22.4. The number of oxazole rings is 1. The van der Waals surface area contributed by atoms with Crippen LogP contribution in [0, 0.1) is 6.92 Å². The molecule has 0 N–H and O–H groups in total. The van der Waals surface area contributed by atoms with Crippen LogP contribution in [0.25, 0.3) is 21.0 Å². The Morgan fingerprint density at radius 3 is 2.60 bits per heavy atom. The fourth-order valence-electron chi connectivity index (χ4n) is 5.95. The third-order valence-electron chi connectivity index (χ3n) is 8.05. The summed E-state index contributed by atoms with van der Waals surface area (Å²) in [5.74, 6) is -1.94. The van der Waals surface area contributed by atoms with E-state index in [1.807, 2.05) is 24.3 Å². The number of halogens is 2. The molecule has 2 aliphatic carbocycles. The molecule has 3 aromatic heterocycles. The van der Waals surface area contributed by atoms with Crippen LogP contribution in [0.1, 0.15) is 68.2 Å². The van der Waals surface area contributed by atoms with Crippen molar-refractivity contribution >= 4 is 21.6 Å². The van der Waals surface area contributed by atoms with Gasteiger partial charge in [-0.1, -0.05) is 37.5 Å². The quantitative estimate of drug-likeness (QED) is 0.248. The van der Waals surface area contributed by atoms with Gasteiger partial charge in [-0.25, -0.2) is 18.6 Å². The number of thiophene rings is 1. The number of para-hydroxylation sites is 1. The zero-order valence-corrected chi connectivity index (χ0v) is 23.2. The van der Waals surface area contributed by atoms with E-state index in [0.29, 0.717) is 32.3 Å². The van der Waals surface area contributed by atoms with Gasteiger partial charge in [0.25, 0.3) is 11.5 Å². The van der Waals surface area contributed by atoms with Crippen LogP contribution < -0.4 is 16.0 Å². The number of aromatic nitrogens is 3. The van der Waals surface area contributed by atoms with Crippen molar-refractivity contribution in [2.45, 2.75) is 82.6 Å². The van der Waals surface area contributed by atoms with Gasteiger partial charge in [0.1, 0.15) is 22.9 Å². The number of rotatable bonds is 8. The van der Waals surface area contributed by atoms with Crippen molar-refractivity contribution in [1.82, 2.24) is 14.1 Å². The predicted molar refractivity (Wildman–Crippen MR) is 147 cm³/mol. The van der Waals surface area contributed by atoms with Crippen molar-refractivity contribution in [2.24, 2.45) is 0 Å². The molecule has 0 spiro atoms. The van der Waals surface area contributed by atoms with Crippen molar-refractivity contribution in [1.29, 1.82) is 0 Å². The summed E-state index contributed by atoms with van der Waals surface area (Å²) >= 11 is 1.23. The largest absolute Gasteiger partial charge is 0.496 e. The molecule has 8 nitrogen and oxygen atoms in total. The Balaban J connectivity index is 1.53. The molecule has 0 radical (unpaired) electrons. The van der Waals surface area contributed by atoms with E-state index in [4.69, 9.17) is 13.9 Å². The lowest BCUT2D eigenvalue weighted by Gasteiger charge is -2.36. The highest BCUT2D eigenvalue weighted by molar-refractivity contribution is 7.22. The van der Waals surface area contributed by atoms with Gasteiger partial charge in [-0.3, -0.25) is 13.9 Å². The number of hydrogen-bond donors (Lipinski definition) is 0. The Hall–Kier alpha value is -3.31. The van der Waals surface area contributed by atoms with E-state index in [2.05, 4.69) is 4.98 Å². The maximum absolute atomic E-state index is 14.0. The summed E-state index contributed by atoms with van der Waals surface area (Å²) in [6, 6.07) is 6.64. The highest BCUT2D eigenvalue weighted by Crippen LogP contribution is 2.45. The molecule has 1 aromatic carbocycles. The van der Waals surface area contributed by atoms with Gasteiger partial charge in [-0.05, 0) is 31.4 Å². The summed E-state index contributed by atoms with van der Waals surface area (Å²) in [6.45, 7) is 1.85. The second-order valence-corrected chi connectivity index (χ2v) is 11.7. The van der Waals surface area contributed by atoms with Crippen LogP contribution in [0.4, 0.5) is 8.78 Å². The molecule has 0 amide bonds. The number of ether oxygens (including phenoxy) is 2. The summed E-state index contributed by atoms with van der Waals surface area (Å²) in [5.41, 5.74) is 0.198. The molecule has 212 valence electrons. The third kappa shape index (κ3) is 4.79. The van der Waals surface area contributed by atoms with Gasteiger partial charge in [-0.2, -0.15) is 0 Å². The highest BCUT2D eigenvalue weighted by atomic mass is 32.1. The number of hydrogen-bond acceptors (Lipinski definition) is 7. The Labute approximate surface area is 233 Å². The average molecular weight is 572 g/mol. The topological polar surface area (TPSA) is 88.5 Å². The summed E-state index contributed by atoms with van der Waals surface area (Å²) in [5, 5.41) is 0.310. The van der Waals surface area contributed by atoms with E-state index < -0.39 is 42.2 Å². The first kappa shape index (κ1) is 26.9. The Bertz CT molecular complexity index is 1630. The van der Waals surface area contributed by atoms with E-state index in [0.717, 1.165) is 42.2 Å². The smallest absolute Gasteiger partial charge is 0.332 e. The summed E-state index contributed by atoms with van der Waals surface area (Å²) < 4.78 is 48.2. The lowest BCUT2D eigenvalue weighted by molar-refractivity contribution is -0.106. The van der Waals surface area contributed by atoms with E-state index >= 15 is 0 Å². The molecule has 2 fully saturated rings. The molecular formula is C29H31F2N3O5S.